The molecule has 1 aliphatic carbocycles. The van der Waals surface area contributed by atoms with Crippen LogP contribution in [0.25, 0.3) is 0 Å². The monoisotopic (exact) mass is 213 g/mol. The Morgan fingerprint density at radius 2 is 2.00 bits per heavy atom. The van der Waals surface area contributed by atoms with E-state index in [1.165, 1.54) is 32.1 Å². The van der Waals surface area contributed by atoms with E-state index in [-0.39, 0.29) is 6.03 Å². The fourth-order valence-electron chi connectivity index (χ4n) is 2.76. The molecular formula is C11H23N3O. The molecule has 1 saturated carbocycles. The van der Waals surface area contributed by atoms with E-state index < -0.39 is 0 Å². The number of urea groups is 1. The van der Waals surface area contributed by atoms with Gasteiger partial charge in [-0.05, 0) is 30.6 Å². The van der Waals surface area contributed by atoms with Crippen LogP contribution in [-0.4, -0.2) is 12.6 Å². The van der Waals surface area contributed by atoms with Crippen LogP contribution in [0.3, 0.4) is 0 Å². The summed E-state index contributed by atoms with van der Waals surface area (Å²) in [6, 6.07) is -0.273. The Kier molecular flexibility index (Phi) is 4.39. The largest absolute Gasteiger partial charge is 0.337 e. The van der Waals surface area contributed by atoms with Gasteiger partial charge < -0.3 is 5.32 Å². The van der Waals surface area contributed by atoms with Gasteiger partial charge >= 0.3 is 6.03 Å². The normalized spacial score (nSPS) is 19.2. The minimum atomic E-state index is -0.273. The number of carbonyl (C=O) groups excluding carboxylic acids is 1. The molecule has 0 bridgehead atoms. The second kappa shape index (κ2) is 5.35. The topological polar surface area (TPSA) is 67.2 Å². The molecule has 88 valence electrons. The second-order valence-electron chi connectivity index (χ2n) is 5.13. The highest BCUT2D eigenvalue weighted by Crippen LogP contribution is 2.42. The molecule has 15 heavy (non-hydrogen) atoms. The summed E-state index contributed by atoms with van der Waals surface area (Å²) in [5.41, 5.74) is 2.43. The van der Waals surface area contributed by atoms with Crippen molar-refractivity contribution >= 4 is 6.03 Å². The number of hydrazine groups is 1. The van der Waals surface area contributed by atoms with Crippen LogP contribution in [0.4, 0.5) is 4.79 Å². The molecular weight excluding hydrogens is 190 g/mol. The van der Waals surface area contributed by atoms with Crippen LogP contribution in [-0.2, 0) is 0 Å². The van der Waals surface area contributed by atoms with Gasteiger partial charge in [-0.1, -0.05) is 26.7 Å². The lowest BCUT2D eigenvalue weighted by atomic mass is 9.78. The van der Waals surface area contributed by atoms with Crippen LogP contribution >= 0.6 is 0 Å². The first-order valence-electron chi connectivity index (χ1n) is 5.82. The number of amides is 2. The molecule has 2 amide bonds. The summed E-state index contributed by atoms with van der Waals surface area (Å²) >= 11 is 0. The molecule has 0 radical (unpaired) electrons. The number of nitrogens with one attached hydrogen (secondary N) is 2. The molecule has 0 aromatic heterocycles. The average molecular weight is 213 g/mol. The number of rotatable bonds is 4. The Hall–Kier alpha value is -0.770. The minimum Gasteiger partial charge on any atom is -0.337 e. The lowest BCUT2D eigenvalue weighted by molar-refractivity contribution is 0.209. The van der Waals surface area contributed by atoms with Gasteiger partial charge in [0.05, 0.1) is 0 Å². The van der Waals surface area contributed by atoms with Gasteiger partial charge in [0.2, 0.25) is 0 Å². The van der Waals surface area contributed by atoms with E-state index in [1.54, 1.807) is 0 Å². The van der Waals surface area contributed by atoms with Gasteiger partial charge in [0.1, 0.15) is 0 Å². The summed E-state index contributed by atoms with van der Waals surface area (Å²) in [6.45, 7) is 5.24. The molecule has 0 atom stereocenters. The average Bonchev–Trinajstić information content (AvgIpc) is 2.62. The molecule has 4 N–H and O–H groups in total. The van der Waals surface area contributed by atoms with Crippen molar-refractivity contribution in [2.45, 2.75) is 46.0 Å². The third-order valence-corrected chi connectivity index (χ3v) is 3.26. The third kappa shape index (κ3) is 3.70. The lowest BCUT2D eigenvalue weighted by Crippen LogP contribution is -2.44. The molecule has 0 aromatic carbocycles. The van der Waals surface area contributed by atoms with Gasteiger partial charge in [-0.2, -0.15) is 0 Å². The van der Waals surface area contributed by atoms with Crippen molar-refractivity contribution in [3.8, 4) is 0 Å². The summed E-state index contributed by atoms with van der Waals surface area (Å²) in [5.74, 6) is 5.73. The SMILES string of the molecule is CC(C)CC1(CNC(=O)NN)CCCC1. The zero-order valence-electron chi connectivity index (χ0n) is 9.81. The van der Waals surface area contributed by atoms with Gasteiger partial charge in [-0.25, -0.2) is 10.6 Å². The van der Waals surface area contributed by atoms with Crippen LogP contribution in [0.15, 0.2) is 0 Å². The quantitative estimate of drug-likeness (QED) is 0.378. The summed E-state index contributed by atoms with van der Waals surface area (Å²) < 4.78 is 0. The predicted octanol–water partition coefficient (Wildman–Crippen LogP) is 1.77. The molecule has 1 rings (SSSR count). The number of hydrogen-bond donors (Lipinski definition) is 3. The maximum atomic E-state index is 11.0. The van der Waals surface area contributed by atoms with Crippen molar-refractivity contribution in [3.63, 3.8) is 0 Å². The van der Waals surface area contributed by atoms with E-state index in [0.717, 1.165) is 6.54 Å². The molecule has 0 spiro atoms. The van der Waals surface area contributed by atoms with Crippen LogP contribution < -0.4 is 16.6 Å². The fourth-order valence-corrected chi connectivity index (χ4v) is 2.76. The van der Waals surface area contributed by atoms with Crippen molar-refractivity contribution in [2.75, 3.05) is 6.54 Å². The molecule has 0 unspecified atom stereocenters. The Balaban J connectivity index is 2.46. The zero-order chi connectivity index (χ0) is 11.3. The van der Waals surface area contributed by atoms with Gasteiger partial charge in [0.25, 0.3) is 0 Å². The summed E-state index contributed by atoms with van der Waals surface area (Å²) in [7, 11) is 0. The van der Waals surface area contributed by atoms with Gasteiger partial charge in [-0.15, -0.1) is 0 Å². The van der Waals surface area contributed by atoms with E-state index in [2.05, 4.69) is 24.6 Å². The molecule has 4 heteroatoms. The van der Waals surface area contributed by atoms with Crippen LogP contribution in [0.5, 0.6) is 0 Å². The van der Waals surface area contributed by atoms with E-state index in [9.17, 15) is 4.79 Å². The lowest BCUT2D eigenvalue weighted by Gasteiger charge is -2.31. The highest BCUT2D eigenvalue weighted by atomic mass is 16.2. The molecule has 0 saturated heterocycles. The van der Waals surface area contributed by atoms with E-state index in [4.69, 9.17) is 5.84 Å². The first kappa shape index (κ1) is 12.3. The van der Waals surface area contributed by atoms with Crippen molar-refractivity contribution < 1.29 is 4.79 Å². The molecule has 1 aliphatic rings. The van der Waals surface area contributed by atoms with Gasteiger partial charge in [0, 0.05) is 6.54 Å². The van der Waals surface area contributed by atoms with Gasteiger partial charge in [-0.3, -0.25) is 5.43 Å². The fraction of sp³-hybridized carbons (Fsp3) is 0.909. The zero-order valence-corrected chi connectivity index (χ0v) is 9.81. The van der Waals surface area contributed by atoms with Crippen LogP contribution in [0.2, 0.25) is 0 Å². The van der Waals surface area contributed by atoms with E-state index >= 15 is 0 Å². The Morgan fingerprint density at radius 3 is 2.47 bits per heavy atom. The first-order chi connectivity index (χ1) is 7.08. The Labute approximate surface area is 92.0 Å². The standard InChI is InChI=1S/C11H23N3O/c1-9(2)7-11(5-3-4-6-11)8-13-10(15)14-12/h9H,3-8,12H2,1-2H3,(H2,13,14,15). The molecule has 0 aliphatic heterocycles. The van der Waals surface area contributed by atoms with Crippen LogP contribution in [0.1, 0.15) is 46.0 Å². The molecule has 0 heterocycles. The van der Waals surface area contributed by atoms with Crippen molar-refractivity contribution in [1.82, 2.24) is 10.7 Å². The van der Waals surface area contributed by atoms with Crippen LogP contribution in [0, 0.1) is 11.3 Å². The smallest absolute Gasteiger partial charge is 0.328 e. The van der Waals surface area contributed by atoms with Crippen molar-refractivity contribution in [3.05, 3.63) is 0 Å². The minimum absolute atomic E-state index is 0.273. The second-order valence-corrected chi connectivity index (χ2v) is 5.13. The van der Waals surface area contributed by atoms with Crippen molar-refractivity contribution in [1.29, 1.82) is 0 Å². The first-order valence-corrected chi connectivity index (χ1v) is 5.82. The summed E-state index contributed by atoms with van der Waals surface area (Å²) in [6.07, 6.45) is 6.24. The van der Waals surface area contributed by atoms with Crippen molar-refractivity contribution in [2.24, 2.45) is 17.2 Å². The summed E-state index contributed by atoms with van der Waals surface area (Å²) in [5, 5.41) is 2.85. The highest BCUT2D eigenvalue weighted by molar-refractivity contribution is 5.73. The predicted molar refractivity (Wildman–Crippen MR) is 61.1 cm³/mol. The molecule has 1 fully saturated rings. The molecule has 0 aromatic rings. The third-order valence-electron chi connectivity index (χ3n) is 3.26. The van der Waals surface area contributed by atoms with E-state index in [0.29, 0.717) is 11.3 Å². The highest BCUT2D eigenvalue weighted by Gasteiger charge is 2.34. The number of nitrogens with two attached hydrogens (primary N) is 1. The maximum Gasteiger partial charge on any atom is 0.328 e. The Bertz CT molecular complexity index is 210. The maximum absolute atomic E-state index is 11.0. The summed E-state index contributed by atoms with van der Waals surface area (Å²) in [4.78, 5) is 11.0. The van der Waals surface area contributed by atoms with Gasteiger partial charge in [0.15, 0.2) is 0 Å². The number of carbonyl (C=O) groups is 1. The number of hydrogen-bond acceptors (Lipinski definition) is 2. The van der Waals surface area contributed by atoms with E-state index in [1.807, 2.05) is 0 Å². The Morgan fingerprint density at radius 1 is 1.40 bits per heavy atom. The molecule has 4 nitrogen and oxygen atoms in total.